The molecular formula is C18H12F3N3. The molecule has 0 radical (unpaired) electrons. The molecule has 3 nitrogen and oxygen atoms in total. The summed E-state index contributed by atoms with van der Waals surface area (Å²) in [5.41, 5.74) is 1.32. The van der Waals surface area contributed by atoms with Crippen molar-refractivity contribution in [2.24, 2.45) is 7.05 Å². The molecule has 0 aliphatic heterocycles. The van der Waals surface area contributed by atoms with Crippen molar-refractivity contribution in [3.8, 4) is 6.07 Å². The molecule has 0 fully saturated rings. The Labute approximate surface area is 136 Å². The molecular weight excluding hydrogens is 315 g/mol. The Balaban J connectivity index is 2.10. The predicted molar refractivity (Wildman–Crippen MR) is 85.6 cm³/mol. The van der Waals surface area contributed by atoms with Crippen LogP contribution in [-0.4, -0.2) is 9.55 Å². The van der Waals surface area contributed by atoms with Gasteiger partial charge in [0.25, 0.3) is 0 Å². The lowest BCUT2D eigenvalue weighted by molar-refractivity contribution is -0.137. The van der Waals surface area contributed by atoms with Gasteiger partial charge in [0, 0.05) is 7.05 Å². The maximum Gasteiger partial charge on any atom is 0.416 e. The number of alkyl halides is 3. The van der Waals surface area contributed by atoms with Gasteiger partial charge in [-0.25, -0.2) is 4.98 Å². The zero-order valence-corrected chi connectivity index (χ0v) is 12.7. The summed E-state index contributed by atoms with van der Waals surface area (Å²) < 4.78 is 40.2. The lowest BCUT2D eigenvalue weighted by Gasteiger charge is -2.07. The molecule has 2 aromatic carbocycles. The van der Waals surface area contributed by atoms with Crippen LogP contribution in [0.1, 0.15) is 17.0 Å². The van der Waals surface area contributed by atoms with Crippen molar-refractivity contribution < 1.29 is 13.2 Å². The van der Waals surface area contributed by atoms with E-state index in [-0.39, 0.29) is 5.57 Å². The van der Waals surface area contributed by atoms with Crippen LogP contribution in [0.4, 0.5) is 13.2 Å². The van der Waals surface area contributed by atoms with Crippen molar-refractivity contribution in [1.82, 2.24) is 9.55 Å². The van der Waals surface area contributed by atoms with Gasteiger partial charge in [-0.05, 0) is 35.9 Å². The van der Waals surface area contributed by atoms with Crippen LogP contribution < -0.4 is 0 Å². The van der Waals surface area contributed by atoms with E-state index in [9.17, 15) is 18.4 Å². The third-order valence-corrected chi connectivity index (χ3v) is 3.67. The number of nitriles is 1. The molecule has 0 bridgehead atoms. The molecule has 0 amide bonds. The topological polar surface area (TPSA) is 41.6 Å². The molecule has 120 valence electrons. The van der Waals surface area contributed by atoms with Crippen LogP contribution >= 0.6 is 0 Å². The summed E-state index contributed by atoms with van der Waals surface area (Å²) in [4.78, 5) is 4.40. The van der Waals surface area contributed by atoms with Crippen molar-refractivity contribution in [2.75, 3.05) is 0 Å². The lowest BCUT2D eigenvalue weighted by atomic mass is 10.1. The van der Waals surface area contributed by atoms with E-state index in [1.165, 1.54) is 18.2 Å². The number of para-hydroxylation sites is 2. The van der Waals surface area contributed by atoms with Crippen LogP contribution in [0, 0.1) is 11.3 Å². The van der Waals surface area contributed by atoms with Crippen LogP contribution in [0.15, 0.2) is 48.5 Å². The van der Waals surface area contributed by atoms with Gasteiger partial charge >= 0.3 is 6.18 Å². The summed E-state index contributed by atoms with van der Waals surface area (Å²) in [6.45, 7) is 0. The maximum atomic E-state index is 12.8. The molecule has 0 N–H and O–H groups in total. The number of imidazole rings is 1. The molecule has 3 rings (SSSR count). The molecule has 0 saturated carbocycles. The highest BCUT2D eigenvalue weighted by atomic mass is 19.4. The minimum absolute atomic E-state index is 0.202. The molecule has 6 heteroatoms. The van der Waals surface area contributed by atoms with E-state index in [1.807, 2.05) is 30.3 Å². The van der Waals surface area contributed by atoms with Gasteiger partial charge in [-0.15, -0.1) is 0 Å². The Bertz CT molecular complexity index is 975. The average Bonchev–Trinajstić information content (AvgIpc) is 2.89. The fourth-order valence-electron chi connectivity index (χ4n) is 2.50. The number of hydrogen-bond acceptors (Lipinski definition) is 2. The van der Waals surface area contributed by atoms with Gasteiger partial charge in [0.05, 0.1) is 22.2 Å². The van der Waals surface area contributed by atoms with E-state index in [1.54, 1.807) is 11.6 Å². The Morgan fingerprint density at radius 3 is 2.58 bits per heavy atom. The second-order valence-corrected chi connectivity index (χ2v) is 5.28. The Hall–Kier alpha value is -3.07. The van der Waals surface area contributed by atoms with Crippen molar-refractivity contribution in [3.05, 3.63) is 65.5 Å². The molecule has 0 atom stereocenters. The van der Waals surface area contributed by atoms with Crippen LogP contribution in [0.5, 0.6) is 0 Å². The number of rotatable bonds is 2. The zero-order chi connectivity index (χ0) is 17.3. The van der Waals surface area contributed by atoms with Crippen molar-refractivity contribution >= 4 is 22.7 Å². The molecule has 0 unspecified atom stereocenters. The summed E-state index contributed by atoms with van der Waals surface area (Å²) in [5.74, 6) is 0.413. The van der Waals surface area contributed by atoms with Crippen LogP contribution in [0.3, 0.4) is 0 Å². The second-order valence-electron chi connectivity index (χ2n) is 5.28. The molecule has 24 heavy (non-hydrogen) atoms. The first-order chi connectivity index (χ1) is 11.4. The Morgan fingerprint density at radius 2 is 1.92 bits per heavy atom. The third kappa shape index (κ3) is 2.88. The van der Waals surface area contributed by atoms with E-state index < -0.39 is 11.7 Å². The SMILES string of the molecule is Cn1c(C(C#N)=Cc2cccc(C(F)(F)F)c2)nc2ccccc21. The molecule has 0 aliphatic rings. The standard InChI is InChI=1S/C18H12F3N3/c1-24-16-8-3-2-7-15(16)23-17(24)13(11-22)9-12-5-4-6-14(10-12)18(19,20)21/h2-10H,1H3. The van der Waals surface area contributed by atoms with E-state index >= 15 is 0 Å². The van der Waals surface area contributed by atoms with Gasteiger partial charge in [0.15, 0.2) is 5.82 Å². The summed E-state index contributed by atoms with van der Waals surface area (Å²) >= 11 is 0. The van der Waals surface area contributed by atoms with Crippen LogP contribution in [0.2, 0.25) is 0 Å². The fraction of sp³-hybridized carbons (Fsp3) is 0.111. The monoisotopic (exact) mass is 327 g/mol. The summed E-state index contributed by atoms with van der Waals surface area (Å²) in [6.07, 6.45) is -3.01. The summed E-state index contributed by atoms with van der Waals surface area (Å²) in [7, 11) is 1.77. The molecule has 0 spiro atoms. The van der Waals surface area contributed by atoms with E-state index in [0.717, 1.165) is 23.2 Å². The number of allylic oxidation sites excluding steroid dienone is 1. The number of hydrogen-bond donors (Lipinski definition) is 0. The summed E-state index contributed by atoms with van der Waals surface area (Å²) in [6, 6.07) is 14.3. The lowest BCUT2D eigenvalue weighted by Crippen LogP contribution is -2.04. The number of aromatic nitrogens is 2. The molecule has 1 aromatic heterocycles. The fourth-order valence-corrected chi connectivity index (χ4v) is 2.50. The number of aryl methyl sites for hydroxylation is 1. The van der Waals surface area contributed by atoms with Crippen molar-refractivity contribution in [2.45, 2.75) is 6.18 Å². The Morgan fingerprint density at radius 1 is 1.17 bits per heavy atom. The van der Waals surface area contributed by atoms with Crippen LogP contribution in [0.25, 0.3) is 22.7 Å². The van der Waals surface area contributed by atoms with Crippen molar-refractivity contribution in [1.29, 1.82) is 5.26 Å². The third-order valence-electron chi connectivity index (χ3n) is 3.67. The first kappa shape index (κ1) is 15.8. The van der Waals surface area contributed by atoms with Crippen molar-refractivity contribution in [3.63, 3.8) is 0 Å². The minimum Gasteiger partial charge on any atom is -0.327 e. The largest absolute Gasteiger partial charge is 0.416 e. The molecule has 0 aliphatic carbocycles. The zero-order valence-electron chi connectivity index (χ0n) is 12.7. The highest BCUT2D eigenvalue weighted by Gasteiger charge is 2.30. The van der Waals surface area contributed by atoms with Gasteiger partial charge in [-0.1, -0.05) is 24.3 Å². The number of benzene rings is 2. The molecule has 3 aromatic rings. The second kappa shape index (κ2) is 5.85. The summed E-state index contributed by atoms with van der Waals surface area (Å²) in [5, 5.41) is 9.43. The van der Waals surface area contributed by atoms with Gasteiger partial charge in [0.1, 0.15) is 6.07 Å². The van der Waals surface area contributed by atoms with Gasteiger partial charge in [-0.2, -0.15) is 18.4 Å². The predicted octanol–water partition coefficient (Wildman–Crippen LogP) is 4.66. The Kier molecular flexibility index (Phi) is 3.86. The number of nitrogens with zero attached hydrogens (tertiary/aromatic N) is 3. The highest BCUT2D eigenvalue weighted by molar-refractivity contribution is 5.90. The quantitative estimate of drug-likeness (QED) is 0.643. The first-order valence-corrected chi connectivity index (χ1v) is 7.11. The number of fused-ring (bicyclic) bond motifs is 1. The molecule has 0 saturated heterocycles. The highest BCUT2D eigenvalue weighted by Crippen LogP contribution is 2.30. The molecule has 1 heterocycles. The van der Waals surface area contributed by atoms with Crippen LogP contribution in [-0.2, 0) is 13.2 Å². The van der Waals surface area contributed by atoms with Gasteiger partial charge < -0.3 is 4.57 Å². The van der Waals surface area contributed by atoms with Gasteiger partial charge in [-0.3, -0.25) is 0 Å². The average molecular weight is 327 g/mol. The normalized spacial score (nSPS) is 12.4. The van der Waals surface area contributed by atoms with E-state index in [2.05, 4.69) is 4.98 Å². The smallest absolute Gasteiger partial charge is 0.327 e. The maximum absolute atomic E-state index is 12.8. The van der Waals surface area contributed by atoms with E-state index in [0.29, 0.717) is 11.4 Å². The first-order valence-electron chi connectivity index (χ1n) is 7.11. The number of halogens is 3. The van der Waals surface area contributed by atoms with Gasteiger partial charge in [0.2, 0.25) is 0 Å². The minimum atomic E-state index is -4.42. The van der Waals surface area contributed by atoms with E-state index in [4.69, 9.17) is 0 Å².